The van der Waals surface area contributed by atoms with E-state index in [-0.39, 0.29) is 23.6 Å². The Hall–Kier alpha value is -4.38. The number of benzene rings is 4. The highest BCUT2D eigenvalue weighted by atomic mass is 16.5. The zero-order chi connectivity index (χ0) is 27.7. The molecule has 1 aromatic heterocycles. The van der Waals surface area contributed by atoms with Gasteiger partial charge in [-0.3, -0.25) is 0 Å². The number of aromatic nitrogens is 1. The molecule has 0 atom stereocenters. The normalized spacial score (nSPS) is 11.9. The Bertz CT molecular complexity index is 1660. The maximum absolute atomic E-state index is 12.8. The lowest BCUT2D eigenvalue weighted by atomic mass is 9.91. The minimum Gasteiger partial charge on any atom is -0.507 e. The van der Waals surface area contributed by atoms with E-state index in [1.807, 2.05) is 67.1 Å². The number of esters is 1. The van der Waals surface area contributed by atoms with Crippen LogP contribution in [0.25, 0.3) is 32.7 Å². The number of phenols is 1. The van der Waals surface area contributed by atoms with Crippen molar-refractivity contribution in [3.8, 4) is 16.9 Å². The summed E-state index contributed by atoms with van der Waals surface area (Å²) in [6, 6.07) is 26.3. The predicted octanol–water partition coefficient (Wildman–Crippen LogP) is 8.47. The molecule has 4 aromatic carbocycles. The molecule has 0 fully saturated rings. The van der Waals surface area contributed by atoms with Gasteiger partial charge in [-0.1, -0.05) is 88.4 Å². The number of ether oxygens (including phenoxy) is 1. The molecule has 0 bridgehead atoms. The highest BCUT2D eigenvalue weighted by Crippen LogP contribution is 2.41. The SMILES string of the molecule is CCOC(=O)c1cc(C(C)C)n(/N=C/c2cccc(-c3c4ccccc4cc4ccccc34)c2O)c1C(C)C. The fourth-order valence-corrected chi connectivity index (χ4v) is 5.30. The van der Waals surface area contributed by atoms with E-state index in [9.17, 15) is 9.90 Å². The number of hydrogen-bond donors (Lipinski definition) is 1. The lowest BCUT2D eigenvalue weighted by Gasteiger charge is -2.15. The fourth-order valence-electron chi connectivity index (χ4n) is 5.30. The number of nitrogens with zero attached hydrogens (tertiary/aromatic N) is 2. The van der Waals surface area contributed by atoms with Crippen LogP contribution in [-0.4, -0.2) is 28.6 Å². The van der Waals surface area contributed by atoms with Crippen molar-refractivity contribution in [2.75, 3.05) is 6.61 Å². The zero-order valence-electron chi connectivity index (χ0n) is 23.1. The first-order valence-electron chi connectivity index (χ1n) is 13.5. The number of fused-ring (bicyclic) bond motifs is 2. The number of carbonyl (C=O) groups excluding carboxylic acids is 1. The summed E-state index contributed by atoms with van der Waals surface area (Å²) in [6.45, 7) is 10.3. The maximum Gasteiger partial charge on any atom is 0.340 e. The zero-order valence-corrected chi connectivity index (χ0v) is 23.1. The molecule has 5 heteroatoms. The number of para-hydroxylation sites is 1. The Morgan fingerprint density at radius 3 is 2.13 bits per heavy atom. The van der Waals surface area contributed by atoms with Gasteiger partial charge in [0.1, 0.15) is 5.75 Å². The summed E-state index contributed by atoms with van der Waals surface area (Å²) in [7, 11) is 0. The van der Waals surface area contributed by atoms with Crippen molar-refractivity contribution in [1.29, 1.82) is 0 Å². The molecule has 1 heterocycles. The van der Waals surface area contributed by atoms with Gasteiger partial charge in [0.05, 0.1) is 24.1 Å². The second-order valence-electron chi connectivity index (χ2n) is 10.4. The van der Waals surface area contributed by atoms with Crippen LogP contribution < -0.4 is 0 Å². The van der Waals surface area contributed by atoms with Crippen LogP contribution in [0.4, 0.5) is 0 Å². The highest BCUT2D eigenvalue weighted by molar-refractivity contribution is 6.14. The molecule has 198 valence electrons. The van der Waals surface area contributed by atoms with Gasteiger partial charge in [0.25, 0.3) is 0 Å². The Labute approximate surface area is 229 Å². The van der Waals surface area contributed by atoms with Crippen LogP contribution in [0.1, 0.15) is 73.8 Å². The predicted molar refractivity (Wildman–Crippen MR) is 160 cm³/mol. The van der Waals surface area contributed by atoms with Crippen LogP contribution in [0, 0.1) is 0 Å². The fraction of sp³-hybridized carbons (Fsp3) is 0.235. The molecule has 5 aromatic rings. The number of aromatic hydroxyl groups is 1. The first-order valence-corrected chi connectivity index (χ1v) is 13.5. The number of rotatable bonds is 7. The van der Waals surface area contributed by atoms with Gasteiger partial charge in [0, 0.05) is 22.4 Å². The smallest absolute Gasteiger partial charge is 0.340 e. The number of carbonyl (C=O) groups is 1. The Kier molecular flexibility index (Phi) is 7.25. The minimum atomic E-state index is -0.343. The van der Waals surface area contributed by atoms with Gasteiger partial charge in [-0.25, -0.2) is 9.47 Å². The van der Waals surface area contributed by atoms with Crippen LogP contribution >= 0.6 is 0 Å². The maximum atomic E-state index is 12.8. The van der Waals surface area contributed by atoms with Gasteiger partial charge in [0.2, 0.25) is 0 Å². The Morgan fingerprint density at radius 1 is 0.897 bits per heavy atom. The summed E-state index contributed by atoms with van der Waals surface area (Å²) in [5, 5.41) is 20.8. The summed E-state index contributed by atoms with van der Waals surface area (Å²) >= 11 is 0. The van der Waals surface area contributed by atoms with Gasteiger partial charge in [0.15, 0.2) is 0 Å². The molecule has 0 aliphatic rings. The third kappa shape index (κ3) is 4.81. The van der Waals surface area contributed by atoms with E-state index in [2.05, 4.69) is 44.2 Å². The van der Waals surface area contributed by atoms with Crippen molar-refractivity contribution in [3.63, 3.8) is 0 Å². The van der Waals surface area contributed by atoms with E-state index in [1.54, 1.807) is 13.1 Å². The first-order chi connectivity index (χ1) is 18.8. The van der Waals surface area contributed by atoms with Gasteiger partial charge >= 0.3 is 5.97 Å². The van der Waals surface area contributed by atoms with Gasteiger partial charge < -0.3 is 9.84 Å². The van der Waals surface area contributed by atoms with E-state index in [4.69, 9.17) is 9.84 Å². The lowest BCUT2D eigenvalue weighted by Crippen LogP contribution is -2.10. The standard InChI is InChI=1S/C34H34N2O3/c1-6-39-34(38)29-19-30(21(2)3)36(32(29)22(4)5)35-20-25-14-11-17-28(33(25)37)31-26-15-9-7-12-23(26)18-24-13-8-10-16-27(24)31/h7-22,37H,6H2,1-5H3/b35-20+. The van der Waals surface area contributed by atoms with Gasteiger partial charge in [-0.2, -0.15) is 5.10 Å². The van der Waals surface area contributed by atoms with Crippen LogP contribution in [-0.2, 0) is 4.74 Å². The molecule has 0 aliphatic heterocycles. The summed E-state index contributed by atoms with van der Waals surface area (Å²) in [5.74, 6) is -0.0108. The van der Waals surface area contributed by atoms with Crippen molar-refractivity contribution < 1.29 is 14.6 Å². The third-order valence-electron chi connectivity index (χ3n) is 7.09. The largest absolute Gasteiger partial charge is 0.507 e. The van der Waals surface area contributed by atoms with Crippen LogP contribution in [0.5, 0.6) is 5.75 Å². The van der Waals surface area contributed by atoms with Crippen LogP contribution in [0.3, 0.4) is 0 Å². The number of phenolic OH excluding ortho intramolecular Hbond substituents is 1. The molecule has 0 radical (unpaired) electrons. The Balaban J connectivity index is 1.68. The molecule has 5 nitrogen and oxygen atoms in total. The van der Waals surface area contributed by atoms with E-state index in [0.717, 1.165) is 44.1 Å². The van der Waals surface area contributed by atoms with Crippen molar-refractivity contribution in [3.05, 3.63) is 101 Å². The van der Waals surface area contributed by atoms with Gasteiger partial charge in [-0.15, -0.1) is 0 Å². The average Bonchev–Trinajstić information content (AvgIpc) is 3.32. The quantitative estimate of drug-likeness (QED) is 0.133. The molecule has 0 amide bonds. The lowest BCUT2D eigenvalue weighted by molar-refractivity contribution is 0.0524. The van der Waals surface area contributed by atoms with E-state index < -0.39 is 0 Å². The summed E-state index contributed by atoms with van der Waals surface area (Å²) < 4.78 is 7.17. The van der Waals surface area contributed by atoms with E-state index in [1.165, 1.54) is 0 Å². The van der Waals surface area contributed by atoms with Crippen molar-refractivity contribution >= 4 is 33.7 Å². The van der Waals surface area contributed by atoms with Crippen molar-refractivity contribution in [2.24, 2.45) is 5.10 Å². The van der Waals surface area contributed by atoms with Crippen molar-refractivity contribution in [2.45, 2.75) is 46.5 Å². The molecule has 1 N–H and O–H groups in total. The van der Waals surface area contributed by atoms with Crippen molar-refractivity contribution in [1.82, 2.24) is 4.68 Å². The summed E-state index contributed by atoms with van der Waals surface area (Å²) in [4.78, 5) is 12.8. The molecule has 5 rings (SSSR count). The minimum absolute atomic E-state index is 0.0380. The van der Waals surface area contributed by atoms with Gasteiger partial charge in [-0.05, 0) is 58.5 Å². The second-order valence-corrected chi connectivity index (χ2v) is 10.4. The van der Waals surface area contributed by atoms with E-state index in [0.29, 0.717) is 17.7 Å². The van der Waals surface area contributed by atoms with Crippen LogP contribution in [0.15, 0.2) is 84.0 Å². The van der Waals surface area contributed by atoms with Crippen LogP contribution in [0.2, 0.25) is 0 Å². The highest BCUT2D eigenvalue weighted by Gasteiger charge is 2.25. The Morgan fingerprint density at radius 2 is 1.54 bits per heavy atom. The molecular weight excluding hydrogens is 484 g/mol. The monoisotopic (exact) mass is 518 g/mol. The molecule has 0 saturated heterocycles. The molecule has 0 aliphatic carbocycles. The molecule has 0 saturated carbocycles. The first kappa shape index (κ1) is 26.2. The second kappa shape index (κ2) is 10.8. The third-order valence-corrected chi connectivity index (χ3v) is 7.09. The van der Waals surface area contributed by atoms with E-state index >= 15 is 0 Å². The number of hydrogen-bond acceptors (Lipinski definition) is 4. The summed E-state index contributed by atoms with van der Waals surface area (Å²) in [6.07, 6.45) is 1.68. The molecule has 0 unspecified atom stereocenters. The molecular formula is C34H34N2O3. The average molecular weight is 519 g/mol. The topological polar surface area (TPSA) is 63.8 Å². The summed E-state index contributed by atoms with van der Waals surface area (Å²) in [5.41, 5.74) is 4.58. The molecule has 39 heavy (non-hydrogen) atoms. The molecule has 0 spiro atoms.